The largest absolute Gasteiger partial charge is 0.478 e. The molecule has 0 atom stereocenters. The lowest BCUT2D eigenvalue weighted by Gasteiger charge is -2.45. The maximum absolute atomic E-state index is 13.2. The Morgan fingerprint density at radius 2 is 1.81 bits per heavy atom. The van der Waals surface area contributed by atoms with E-state index in [2.05, 4.69) is 33.0 Å². The molecule has 0 bridgehead atoms. The van der Waals surface area contributed by atoms with E-state index in [0.29, 0.717) is 5.69 Å². The van der Waals surface area contributed by atoms with Gasteiger partial charge in [0.1, 0.15) is 5.82 Å². The van der Waals surface area contributed by atoms with Gasteiger partial charge in [-0.3, -0.25) is 0 Å². The van der Waals surface area contributed by atoms with Crippen LogP contribution in [0.1, 0.15) is 57.3 Å². The summed E-state index contributed by atoms with van der Waals surface area (Å²) in [4.78, 5) is 11.3. The minimum atomic E-state index is -1.11. The van der Waals surface area contributed by atoms with Gasteiger partial charge in [-0.25, -0.2) is 9.18 Å². The van der Waals surface area contributed by atoms with Crippen LogP contribution in [0.15, 0.2) is 18.2 Å². The van der Waals surface area contributed by atoms with Crippen molar-refractivity contribution in [1.29, 1.82) is 0 Å². The van der Waals surface area contributed by atoms with Crippen molar-refractivity contribution in [3.63, 3.8) is 0 Å². The first-order valence-electron chi connectivity index (χ1n) is 7.37. The van der Waals surface area contributed by atoms with Crippen LogP contribution in [0.2, 0.25) is 0 Å². The van der Waals surface area contributed by atoms with Gasteiger partial charge in [-0.15, -0.1) is 0 Å². The van der Waals surface area contributed by atoms with E-state index < -0.39 is 11.8 Å². The molecule has 2 N–H and O–H groups in total. The highest BCUT2D eigenvalue weighted by Gasteiger charge is 2.38. The third kappa shape index (κ3) is 3.96. The third-order valence-electron chi connectivity index (χ3n) is 4.13. The summed E-state index contributed by atoms with van der Waals surface area (Å²) in [7, 11) is 0. The topological polar surface area (TPSA) is 49.3 Å². The fourth-order valence-corrected chi connectivity index (χ4v) is 3.99. The van der Waals surface area contributed by atoms with Gasteiger partial charge in [-0.05, 0) is 48.3 Å². The molecule has 1 aliphatic rings. The summed E-state index contributed by atoms with van der Waals surface area (Å²) in [5.74, 6) is -1.63. The Kier molecular flexibility index (Phi) is 4.00. The van der Waals surface area contributed by atoms with Crippen molar-refractivity contribution in [2.75, 3.05) is 5.32 Å². The quantitative estimate of drug-likeness (QED) is 0.860. The molecule has 21 heavy (non-hydrogen) atoms. The molecular weight excluding hydrogens is 269 g/mol. The van der Waals surface area contributed by atoms with Crippen LogP contribution in [0.5, 0.6) is 0 Å². The Morgan fingerprint density at radius 3 is 2.33 bits per heavy atom. The maximum atomic E-state index is 13.2. The van der Waals surface area contributed by atoms with Gasteiger partial charge < -0.3 is 10.4 Å². The number of nitrogens with one attached hydrogen (secondary N) is 1. The molecule has 0 aromatic heterocycles. The van der Waals surface area contributed by atoms with Gasteiger partial charge in [0.15, 0.2) is 0 Å². The zero-order valence-electron chi connectivity index (χ0n) is 13.2. The van der Waals surface area contributed by atoms with Crippen molar-refractivity contribution < 1.29 is 14.3 Å². The monoisotopic (exact) mass is 293 g/mol. The van der Waals surface area contributed by atoms with Crippen LogP contribution in [-0.2, 0) is 0 Å². The summed E-state index contributed by atoms with van der Waals surface area (Å²) in [6, 6.07) is 4.10. The molecule has 0 heterocycles. The lowest BCUT2D eigenvalue weighted by Crippen LogP contribution is -2.40. The Labute approximate surface area is 125 Å². The summed E-state index contributed by atoms with van der Waals surface area (Å²) in [5, 5.41) is 12.5. The molecule has 1 fully saturated rings. The van der Waals surface area contributed by atoms with Gasteiger partial charge in [0.05, 0.1) is 5.56 Å². The molecular formula is C17H24FNO2. The minimum absolute atomic E-state index is 0.00353. The van der Waals surface area contributed by atoms with Crippen LogP contribution in [0.25, 0.3) is 0 Å². The SMILES string of the molecule is CC1(C)CC(Nc2ccc(F)cc2C(=O)O)CC(C)(C)C1. The zero-order chi connectivity index (χ0) is 15.8. The number of anilines is 1. The van der Waals surface area contributed by atoms with E-state index in [1.807, 2.05) is 0 Å². The van der Waals surface area contributed by atoms with E-state index in [4.69, 9.17) is 0 Å². The summed E-state index contributed by atoms with van der Waals surface area (Å²) >= 11 is 0. The first-order valence-corrected chi connectivity index (χ1v) is 7.37. The molecule has 1 aromatic rings. The number of rotatable bonds is 3. The van der Waals surface area contributed by atoms with E-state index in [-0.39, 0.29) is 22.4 Å². The predicted octanol–water partition coefficient (Wildman–Crippen LogP) is 4.54. The van der Waals surface area contributed by atoms with Gasteiger partial charge in [0.25, 0.3) is 0 Å². The molecule has 0 aliphatic heterocycles. The van der Waals surface area contributed by atoms with Crippen LogP contribution in [-0.4, -0.2) is 17.1 Å². The minimum Gasteiger partial charge on any atom is -0.478 e. The smallest absolute Gasteiger partial charge is 0.337 e. The Bertz CT molecular complexity index is 536. The number of aromatic carboxylic acids is 1. The number of benzene rings is 1. The van der Waals surface area contributed by atoms with Crippen molar-refractivity contribution >= 4 is 11.7 Å². The lowest BCUT2D eigenvalue weighted by atomic mass is 9.63. The normalized spacial score (nSPS) is 21.0. The van der Waals surface area contributed by atoms with E-state index in [1.54, 1.807) is 0 Å². The molecule has 116 valence electrons. The van der Waals surface area contributed by atoms with Gasteiger partial charge in [0.2, 0.25) is 0 Å². The van der Waals surface area contributed by atoms with Crippen LogP contribution < -0.4 is 5.32 Å². The van der Waals surface area contributed by atoms with Crippen molar-refractivity contribution in [2.24, 2.45) is 10.8 Å². The number of carboxylic acids is 1. The molecule has 3 nitrogen and oxygen atoms in total. The van der Waals surface area contributed by atoms with Crippen molar-refractivity contribution in [2.45, 2.75) is 53.0 Å². The molecule has 0 radical (unpaired) electrons. The number of halogens is 1. The molecule has 1 aromatic carbocycles. The van der Waals surface area contributed by atoms with Crippen molar-refractivity contribution in [1.82, 2.24) is 0 Å². The van der Waals surface area contributed by atoms with Gasteiger partial charge in [-0.2, -0.15) is 0 Å². The molecule has 2 rings (SSSR count). The predicted molar refractivity (Wildman–Crippen MR) is 82.2 cm³/mol. The summed E-state index contributed by atoms with van der Waals surface area (Å²) in [6.45, 7) is 8.97. The highest BCUT2D eigenvalue weighted by molar-refractivity contribution is 5.94. The fraction of sp³-hybridized carbons (Fsp3) is 0.588. The second-order valence-corrected chi connectivity index (χ2v) is 7.75. The Morgan fingerprint density at radius 1 is 1.24 bits per heavy atom. The first-order chi connectivity index (χ1) is 9.58. The lowest BCUT2D eigenvalue weighted by molar-refractivity contribution is 0.0697. The second-order valence-electron chi connectivity index (χ2n) is 7.75. The van der Waals surface area contributed by atoms with Crippen LogP contribution >= 0.6 is 0 Å². The molecule has 1 aliphatic carbocycles. The Balaban J connectivity index is 2.24. The highest BCUT2D eigenvalue weighted by Crippen LogP contribution is 2.46. The van der Waals surface area contributed by atoms with Gasteiger partial charge in [0, 0.05) is 11.7 Å². The summed E-state index contributed by atoms with van der Waals surface area (Å²) in [5.41, 5.74) is 0.921. The average Bonchev–Trinajstić information content (AvgIpc) is 2.27. The molecule has 0 unspecified atom stereocenters. The van der Waals surface area contributed by atoms with Gasteiger partial charge >= 0.3 is 5.97 Å². The van der Waals surface area contributed by atoms with E-state index >= 15 is 0 Å². The molecule has 0 spiro atoms. The first kappa shape index (κ1) is 15.8. The number of carbonyl (C=O) groups is 1. The number of hydrogen-bond donors (Lipinski definition) is 2. The van der Waals surface area contributed by atoms with Crippen LogP contribution in [0, 0.1) is 16.6 Å². The maximum Gasteiger partial charge on any atom is 0.337 e. The van der Waals surface area contributed by atoms with Crippen molar-refractivity contribution in [3.8, 4) is 0 Å². The fourth-order valence-electron chi connectivity index (χ4n) is 3.99. The van der Waals surface area contributed by atoms with E-state index in [1.165, 1.54) is 12.1 Å². The van der Waals surface area contributed by atoms with Crippen LogP contribution in [0.3, 0.4) is 0 Å². The molecule has 0 amide bonds. The summed E-state index contributed by atoms with van der Waals surface area (Å²) in [6.07, 6.45) is 3.10. The van der Waals surface area contributed by atoms with E-state index in [9.17, 15) is 14.3 Å². The number of hydrogen-bond acceptors (Lipinski definition) is 2. The van der Waals surface area contributed by atoms with Crippen LogP contribution in [0.4, 0.5) is 10.1 Å². The molecule has 4 heteroatoms. The number of carboxylic acid groups (broad SMARTS) is 1. The zero-order valence-corrected chi connectivity index (χ0v) is 13.2. The standard InChI is InChI=1S/C17H24FNO2/c1-16(2)8-12(9-17(3,4)10-16)19-14-6-5-11(18)7-13(14)15(20)21/h5-7,12,19H,8-10H2,1-4H3,(H,20,21). The third-order valence-corrected chi connectivity index (χ3v) is 4.13. The van der Waals surface area contributed by atoms with Crippen molar-refractivity contribution in [3.05, 3.63) is 29.6 Å². The van der Waals surface area contributed by atoms with E-state index in [0.717, 1.165) is 25.3 Å². The Hall–Kier alpha value is -1.58. The highest BCUT2D eigenvalue weighted by atomic mass is 19.1. The van der Waals surface area contributed by atoms with Gasteiger partial charge in [-0.1, -0.05) is 27.7 Å². The molecule has 1 saturated carbocycles. The second kappa shape index (κ2) is 5.32. The molecule has 0 saturated heterocycles. The summed E-state index contributed by atoms with van der Waals surface area (Å²) < 4.78 is 13.2. The average molecular weight is 293 g/mol.